The number of methoxy groups -OCH3 is 1. The van der Waals surface area contributed by atoms with E-state index in [1.165, 1.54) is 11.9 Å². The second-order valence-electron chi connectivity index (χ2n) is 3.47. The molecule has 0 aliphatic carbocycles. The highest BCUT2D eigenvalue weighted by Gasteiger charge is 2.49. The van der Waals surface area contributed by atoms with E-state index in [1.807, 2.05) is 30.5 Å². The van der Waals surface area contributed by atoms with Gasteiger partial charge in [0.2, 0.25) is 0 Å². The summed E-state index contributed by atoms with van der Waals surface area (Å²) in [6, 6.07) is 7.45. The first-order valence-corrected chi connectivity index (χ1v) is 6.41. The van der Waals surface area contributed by atoms with Gasteiger partial charge in [-0.05, 0) is 11.6 Å². The van der Waals surface area contributed by atoms with Crippen molar-refractivity contribution in [3.63, 3.8) is 0 Å². The molecule has 86 valence electrons. The van der Waals surface area contributed by atoms with Gasteiger partial charge < -0.3 is 4.74 Å². The van der Waals surface area contributed by atoms with E-state index in [0.717, 1.165) is 5.56 Å². The van der Waals surface area contributed by atoms with Gasteiger partial charge in [0.25, 0.3) is 5.91 Å². The standard InChI is InChI=1S/C11H12ClNO2S/c1-15-10-9(13(16-2)11(10)14)7-5-3-4-6-8(7)12/h3-6,9-10H,1-2H3/t9-,10+/m0/s1. The quantitative estimate of drug-likeness (QED) is 0.616. The summed E-state index contributed by atoms with van der Waals surface area (Å²) < 4.78 is 6.88. The fourth-order valence-corrected chi connectivity index (χ4v) is 2.86. The molecule has 0 saturated carbocycles. The van der Waals surface area contributed by atoms with Crippen LogP contribution < -0.4 is 0 Å². The molecular weight excluding hydrogens is 246 g/mol. The molecule has 3 nitrogen and oxygen atoms in total. The summed E-state index contributed by atoms with van der Waals surface area (Å²) in [6.45, 7) is 0. The highest BCUT2D eigenvalue weighted by molar-refractivity contribution is 7.96. The maximum absolute atomic E-state index is 11.7. The molecule has 1 amide bonds. The van der Waals surface area contributed by atoms with E-state index < -0.39 is 6.10 Å². The maximum atomic E-state index is 11.7. The van der Waals surface area contributed by atoms with Crippen molar-refractivity contribution in [2.24, 2.45) is 0 Å². The SMILES string of the molecule is CO[C@H]1C(=O)N(SC)[C@H]1c1ccccc1Cl. The summed E-state index contributed by atoms with van der Waals surface area (Å²) >= 11 is 7.52. The minimum atomic E-state index is -0.410. The number of β-lactam (4-membered cyclic amide) rings is 1. The molecule has 0 spiro atoms. The number of rotatable bonds is 3. The van der Waals surface area contributed by atoms with E-state index in [4.69, 9.17) is 16.3 Å². The fraction of sp³-hybridized carbons (Fsp3) is 0.364. The number of hydrogen-bond acceptors (Lipinski definition) is 3. The maximum Gasteiger partial charge on any atom is 0.264 e. The summed E-state index contributed by atoms with van der Waals surface area (Å²) in [5.74, 6) is -0.0000743. The Morgan fingerprint density at radius 2 is 2.12 bits per heavy atom. The van der Waals surface area contributed by atoms with Crippen LogP contribution in [0.3, 0.4) is 0 Å². The topological polar surface area (TPSA) is 29.5 Å². The number of carbonyl (C=O) groups excluding carboxylic acids is 1. The van der Waals surface area contributed by atoms with Gasteiger partial charge in [-0.15, -0.1) is 0 Å². The van der Waals surface area contributed by atoms with Gasteiger partial charge in [-0.1, -0.05) is 41.7 Å². The number of ether oxygens (including phenoxy) is 1. The van der Waals surface area contributed by atoms with Crippen molar-refractivity contribution in [2.75, 3.05) is 13.4 Å². The second kappa shape index (κ2) is 4.65. The Hall–Kier alpha value is -0.710. The summed E-state index contributed by atoms with van der Waals surface area (Å²) in [6.07, 6.45) is 1.46. The lowest BCUT2D eigenvalue weighted by Gasteiger charge is -2.44. The first-order valence-electron chi connectivity index (χ1n) is 4.85. The van der Waals surface area contributed by atoms with Crippen molar-refractivity contribution in [2.45, 2.75) is 12.1 Å². The molecule has 0 unspecified atom stereocenters. The predicted octanol–water partition coefficient (Wildman–Crippen LogP) is 2.52. The largest absolute Gasteiger partial charge is 0.369 e. The van der Waals surface area contributed by atoms with Crippen molar-refractivity contribution in [1.82, 2.24) is 4.31 Å². The van der Waals surface area contributed by atoms with Crippen LogP contribution in [0.1, 0.15) is 11.6 Å². The number of nitrogens with zero attached hydrogens (tertiary/aromatic N) is 1. The average Bonchev–Trinajstić information content (AvgIpc) is 2.28. The first-order chi connectivity index (χ1) is 7.70. The highest BCUT2D eigenvalue weighted by Crippen LogP contribution is 2.42. The van der Waals surface area contributed by atoms with Crippen molar-refractivity contribution in [1.29, 1.82) is 0 Å². The number of hydrogen-bond donors (Lipinski definition) is 0. The van der Waals surface area contributed by atoms with E-state index in [1.54, 1.807) is 11.4 Å². The zero-order valence-electron chi connectivity index (χ0n) is 9.01. The Labute approximate surface area is 104 Å². The minimum absolute atomic E-state index is 0.0000743. The van der Waals surface area contributed by atoms with E-state index in [0.29, 0.717) is 5.02 Å². The van der Waals surface area contributed by atoms with Crippen LogP contribution in [-0.2, 0) is 9.53 Å². The van der Waals surface area contributed by atoms with Gasteiger partial charge in [0.1, 0.15) is 6.04 Å². The molecular formula is C11H12ClNO2S. The zero-order chi connectivity index (χ0) is 11.7. The van der Waals surface area contributed by atoms with Gasteiger partial charge in [-0.2, -0.15) is 0 Å². The second-order valence-corrected chi connectivity index (χ2v) is 4.64. The van der Waals surface area contributed by atoms with Crippen LogP contribution in [0.25, 0.3) is 0 Å². The Balaban J connectivity index is 2.32. The third-order valence-electron chi connectivity index (χ3n) is 2.67. The molecule has 0 bridgehead atoms. The molecule has 0 radical (unpaired) electrons. The number of halogens is 1. The summed E-state index contributed by atoms with van der Waals surface area (Å²) in [7, 11) is 1.55. The minimum Gasteiger partial charge on any atom is -0.369 e. The van der Waals surface area contributed by atoms with Crippen molar-refractivity contribution < 1.29 is 9.53 Å². The predicted molar refractivity (Wildman–Crippen MR) is 65.4 cm³/mol. The molecule has 0 aromatic heterocycles. The van der Waals surface area contributed by atoms with Crippen molar-refractivity contribution in [3.8, 4) is 0 Å². The zero-order valence-corrected chi connectivity index (χ0v) is 10.6. The van der Waals surface area contributed by atoms with Gasteiger partial charge in [-0.25, -0.2) is 0 Å². The van der Waals surface area contributed by atoms with Crippen LogP contribution in [0.5, 0.6) is 0 Å². The smallest absolute Gasteiger partial charge is 0.264 e. The third-order valence-corrected chi connectivity index (χ3v) is 3.82. The van der Waals surface area contributed by atoms with Crippen molar-refractivity contribution >= 4 is 29.5 Å². The number of carbonyl (C=O) groups is 1. The summed E-state index contributed by atoms with van der Waals surface area (Å²) in [5, 5.41) is 0.668. The van der Waals surface area contributed by atoms with Crippen LogP contribution >= 0.6 is 23.5 Å². The number of amides is 1. The Kier molecular flexibility index (Phi) is 3.42. The molecule has 1 fully saturated rings. The van der Waals surface area contributed by atoms with Crippen LogP contribution in [0, 0.1) is 0 Å². The van der Waals surface area contributed by atoms with Crippen LogP contribution in [0.4, 0.5) is 0 Å². The van der Waals surface area contributed by atoms with Gasteiger partial charge in [-0.3, -0.25) is 9.10 Å². The normalized spacial score (nSPS) is 24.4. The molecule has 1 saturated heterocycles. The molecule has 1 aromatic carbocycles. The van der Waals surface area contributed by atoms with Crippen LogP contribution in [0.2, 0.25) is 5.02 Å². The Morgan fingerprint density at radius 3 is 2.69 bits per heavy atom. The van der Waals surface area contributed by atoms with E-state index in [-0.39, 0.29) is 11.9 Å². The van der Waals surface area contributed by atoms with E-state index in [9.17, 15) is 4.79 Å². The first kappa shape index (κ1) is 11.8. The van der Waals surface area contributed by atoms with E-state index >= 15 is 0 Å². The molecule has 1 aliphatic heterocycles. The van der Waals surface area contributed by atoms with Crippen LogP contribution in [-0.4, -0.2) is 29.7 Å². The van der Waals surface area contributed by atoms with Gasteiger partial charge in [0.15, 0.2) is 6.10 Å². The van der Waals surface area contributed by atoms with Gasteiger partial charge in [0.05, 0.1) is 0 Å². The molecule has 1 heterocycles. The van der Waals surface area contributed by atoms with Gasteiger partial charge in [0, 0.05) is 18.4 Å². The molecule has 5 heteroatoms. The molecule has 1 aliphatic rings. The lowest BCUT2D eigenvalue weighted by Crippen LogP contribution is -2.56. The molecule has 16 heavy (non-hydrogen) atoms. The highest BCUT2D eigenvalue weighted by atomic mass is 35.5. The van der Waals surface area contributed by atoms with E-state index in [2.05, 4.69) is 0 Å². The van der Waals surface area contributed by atoms with Crippen LogP contribution in [0.15, 0.2) is 24.3 Å². The Bertz CT molecular complexity index is 399. The Morgan fingerprint density at radius 1 is 1.44 bits per heavy atom. The molecule has 1 aromatic rings. The monoisotopic (exact) mass is 257 g/mol. The number of benzene rings is 1. The fourth-order valence-electron chi connectivity index (χ4n) is 1.88. The lowest BCUT2D eigenvalue weighted by molar-refractivity contribution is -0.158. The van der Waals surface area contributed by atoms with Crippen molar-refractivity contribution in [3.05, 3.63) is 34.9 Å². The molecule has 2 atom stereocenters. The lowest BCUT2D eigenvalue weighted by atomic mass is 9.94. The summed E-state index contributed by atoms with van der Waals surface area (Å²) in [5.41, 5.74) is 0.935. The molecule has 2 rings (SSSR count). The average molecular weight is 258 g/mol. The third kappa shape index (κ3) is 1.71. The van der Waals surface area contributed by atoms with Gasteiger partial charge >= 0.3 is 0 Å². The summed E-state index contributed by atoms with van der Waals surface area (Å²) in [4.78, 5) is 11.7. The molecule has 0 N–H and O–H groups in total.